The monoisotopic (exact) mass is 420 g/mol. The number of anilines is 1. The van der Waals surface area contributed by atoms with E-state index in [0.717, 1.165) is 0 Å². The second-order valence-electron chi connectivity index (χ2n) is 5.93. The maximum atomic E-state index is 12.7. The van der Waals surface area contributed by atoms with Crippen molar-refractivity contribution in [2.75, 3.05) is 11.9 Å². The number of hydrogen-bond donors (Lipinski definition) is 2. The fourth-order valence-electron chi connectivity index (χ4n) is 2.77. The van der Waals surface area contributed by atoms with Crippen LogP contribution in [0, 0.1) is 0 Å². The first-order valence-electron chi connectivity index (χ1n) is 8.45. The van der Waals surface area contributed by atoms with E-state index in [-0.39, 0.29) is 23.2 Å². The molecule has 28 heavy (non-hydrogen) atoms. The third-order valence-corrected chi connectivity index (χ3v) is 4.72. The number of carbonyl (C=O) groups is 3. The molecule has 2 heterocycles. The molecule has 8 nitrogen and oxygen atoms in total. The fourth-order valence-corrected chi connectivity index (χ4v) is 3.35. The lowest BCUT2D eigenvalue weighted by Crippen LogP contribution is -2.49. The van der Waals surface area contributed by atoms with Crippen molar-refractivity contribution in [1.29, 1.82) is 0 Å². The quantitative estimate of drug-likeness (QED) is 0.697. The summed E-state index contributed by atoms with van der Waals surface area (Å²) in [6.07, 6.45) is 1.15. The molecule has 0 aliphatic carbocycles. The van der Waals surface area contributed by atoms with Crippen molar-refractivity contribution in [1.82, 2.24) is 15.3 Å². The van der Waals surface area contributed by atoms with E-state index in [9.17, 15) is 14.4 Å². The number of rotatable bonds is 6. The normalized spacial score (nSPS) is 16.4. The summed E-state index contributed by atoms with van der Waals surface area (Å²) in [5.74, 6) is -1.29. The van der Waals surface area contributed by atoms with Gasteiger partial charge in [-0.25, -0.2) is 5.01 Å². The predicted octanol–water partition coefficient (Wildman–Crippen LogP) is 2.42. The second kappa shape index (κ2) is 8.41. The average Bonchev–Trinajstić information content (AvgIpc) is 3.25. The van der Waals surface area contributed by atoms with E-state index < -0.39 is 17.9 Å². The van der Waals surface area contributed by atoms with Gasteiger partial charge in [-0.1, -0.05) is 17.7 Å². The van der Waals surface area contributed by atoms with Crippen LogP contribution in [0.4, 0.5) is 5.69 Å². The van der Waals surface area contributed by atoms with Crippen LogP contribution in [0.3, 0.4) is 0 Å². The van der Waals surface area contributed by atoms with Crippen LogP contribution in [0.1, 0.15) is 23.9 Å². The maximum absolute atomic E-state index is 12.7. The molecule has 1 atom stereocenters. The molecular formula is C18H17ClN4O4S. The molecule has 0 bridgehead atoms. The zero-order valence-electron chi connectivity index (χ0n) is 14.8. The Morgan fingerprint density at radius 2 is 2.07 bits per heavy atom. The third-order valence-electron chi connectivity index (χ3n) is 4.07. The summed E-state index contributed by atoms with van der Waals surface area (Å²) in [7, 11) is 0. The van der Waals surface area contributed by atoms with Crippen LogP contribution in [0.15, 0.2) is 47.1 Å². The molecule has 2 aromatic rings. The van der Waals surface area contributed by atoms with Gasteiger partial charge in [0.15, 0.2) is 10.9 Å². The highest BCUT2D eigenvalue weighted by atomic mass is 35.5. The first kappa shape index (κ1) is 19.8. The fraction of sp³-hybridized carbons (Fsp3) is 0.222. The van der Waals surface area contributed by atoms with Crippen LogP contribution in [0.2, 0.25) is 5.02 Å². The van der Waals surface area contributed by atoms with Gasteiger partial charge in [-0.15, -0.1) is 0 Å². The Morgan fingerprint density at radius 3 is 2.71 bits per heavy atom. The molecule has 10 heteroatoms. The van der Waals surface area contributed by atoms with Gasteiger partial charge in [-0.2, -0.15) is 0 Å². The second-order valence-corrected chi connectivity index (χ2v) is 6.73. The highest BCUT2D eigenvalue weighted by Gasteiger charge is 2.44. The molecule has 1 unspecified atom stereocenters. The smallest absolute Gasteiger partial charge is 0.305 e. The average molecular weight is 421 g/mol. The number of nitrogens with zero attached hydrogens (tertiary/aromatic N) is 2. The molecule has 1 saturated heterocycles. The minimum absolute atomic E-state index is 0.0623. The number of hydrogen-bond acceptors (Lipinski definition) is 5. The molecule has 3 amide bonds. The number of halogens is 1. The van der Waals surface area contributed by atoms with Gasteiger partial charge >= 0.3 is 5.91 Å². The van der Waals surface area contributed by atoms with Crippen LogP contribution in [0.25, 0.3) is 0 Å². The first-order chi connectivity index (χ1) is 13.4. The van der Waals surface area contributed by atoms with Crippen molar-refractivity contribution in [2.45, 2.75) is 19.4 Å². The third kappa shape index (κ3) is 4.15. The topological polar surface area (TPSA) is 94.9 Å². The van der Waals surface area contributed by atoms with Crippen molar-refractivity contribution < 1.29 is 18.8 Å². The molecule has 3 rings (SSSR count). The molecular weight excluding hydrogens is 404 g/mol. The number of amides is 3. The van der Waals surface area contributed by atoms with Crippen molar-refractivity contribution >= 4 is 52.3 Å². The zero-order valence-corrected chi connectivity index (χ0v) is 16.4. The van der Waals surface area contributed by atoms with Crippen LogP contribution in [-0.4, -0.2) is 45.3 Å². The van der Waals surface area contributed by atoms with Gasteiger partial charge in [-0.3, -0.25) is 24.7 Å². The Labute approximate surface area is 171 Å². The Morgan fingerprint density at radius 1 is 1.29 bits per heavy atom. The Bertz CT molecular complexity index is 918. The summed E-state index contributed by atoms with van der Waals surface area (Å²) in [6, 6.07) is 8.73. The summed E-state index contributed by atoms with van der Waals surface area (Å²) in [5.41, 5.74) is 3.05. The summed E-state index contributed by atoms with van der Waals surface area (Å²) in [5, 5.41) is 4.50. The van der Waals surface area contributed by atoms with E-state index in [1.165, 1.54) is 22.2 Å². The Hall–Kier alpha value is -2.91. The molecule has 1 aromatic carbocycles. The van der Waals surface area contributed by atoms with E-state index in [1.807, 2.05) is 0 Å². The molecule has 1 aliphatic heterocycles. The van der Waals surface area contributed by atoms with E-state index in [2.05, 4.69) is 10.7 Å². The van der Waals surface area contributed by atoms with Gasteiger partial charge < -0.3 is 9.73 Å². The number of thiocarbonyl (C=S) groups is 1. The Balaban J connectivity index is 1.75. The molecule has 2 N–H and O–H groups in total. The minimum Gasteiger partial charge on any atom is -0.459 e. The van der Waals surface area contributed by atoms with E-state index in [4.69, 9.17) is 28.2 Å². The minimum atomic E-state index is -0.967. The molecule has 0 radical (unpaired) electrons. The highest BCUT2D eigenvalue weighted by molar-refractivity contribution is 7.80. The van der Waals surface area contributed by atoms with E-state index >= 15 is 0 Å². The van der Waals surface area contributed by atoms with Crippen molar-refractivity contribution in [2.24, 2.45) is 0 Å². The van der Waals surface area contributed by atoms with E-state index in [1.54, 1.807) is 37.3 Å². The van der Waals surface area contributed by atoms with Crippen LogP contribution in [-0.2, 0) is 9.59 Å². The van der Waals surface area contributed by atoms with Gasteiger partial charge in [0.1, 0.15) is 6.04 Å². The van der Waals surface area contributed by atoms with E-state index in [0.29, 0.717) is 17.3 Å². The SMILES string of the molecule is CCN1C(=O)C(CC(=O)Nc2cccc(Cl)c2)N(NC(=O)c2ccco2)C1=S. The largest absolute Gasteiger partial charge is 0.459 e. The van der Waals surface area contributed by atoms with Crippen LogP contribution >= 0.6 is 23.8 Å². The number of benzene rings is 1. The summed E-state index contributed by atoms with van der Waals surface area (Å²) < 4.78 is 5.06. The zero-order chi connectivity index (χ0) is 20.3. The van der Waals surface area contributed by atoms with Crippen molar-refractivity contribution in [3.05, 3.63) is 53.4 Å². The van der Waals surface area contributed by atoms with Gasteiger partial charge in [-0.05, 0) is 49.5 Å². The molecule has 0 saturated carbocycles. The summed E-state index contributed by atoms with van der Waals surface area (Å²) >= 11 is 11.2. The number of carbonyl (C=O) groups excluding carboxylic acids is 3. The highest BCUT2D eigenvalue weighted by Crippen LogP contribution is 2.21. The lowest BCUT2D eigenvalue weighted by molar-refractivity contribution is -0.130. The predicted molar refractivity (Wildman–Crippen MR) is 106 cm³/mol. The molecule has 1 aliphatic rings. The number of likely N-dealkylation sites (N-methyl/N-ethyl adjacent to an activating group) is 1. The maximum Gasteiger partial charge on any atom is 0.305 e. The molecule has 146 valence electrons. The van der Waals surface area contributed by atoms with Crippen molar-refractivity contribution in [3.63, 3.8) is 0 Å². The van der Waals surface area contributed by atoms with Gasteiger partial charge in [0, 0.05) is 17.3 Å². The number of nitrogens with one attached hydrogen (secondary N) is 2. The molecule has 1 fully saturated rings. The first-order valence-corrected chi connectivity index (χ1v) is 9.23. The lowest BCUT2D eigenvalue weighted by Gasteiger charge is -2.23. The van der Waals surface area contributed by atoms with Gasteiger partial charge in [0.05, 0.1) is 12.7 Å². The lowest BCUT2D eigenvalue weighted by atomic mass is 10.2. The molecule has 1 aromatic heterocycles. The number of hydrazine groups is 1. The summed E-state index contributed by atoms with van der Waals surface area (Å²) in [4.78, 5) is 38.8. The van der Waals surface area contributed by atoms with Crippen LogP contribution in [0.5, 0.6) is 0 Å². The van der Waals surface area contributed by atoms with Gasteiger partial charge in [0.2, 0.25) is 5.91 Å². The standard InChI is InChI=1S/C18H17ClN4O4S/c1-2-22-17(26)13(10-15(24)20-12-6-3-5-11(19)9-12)23(18(22)28)21-16(25)14-7-4-8-27-14/h3-9,13H,2,10H2,1H3,(H,20,24)(H,21,25). The Kier molecular flexibility index (Phi) is 5.96. The summed E-state index contributed by atoms with van der Waals surface area (Å²) in [6.45, 7) is 2.07. The van der Waals surface area contributed by atoms with Crippen LogP contribution < -0.4 is 10.7 Å². The molecule has 0 spiro atoms. The number of furan rings is 1. The van der Waals surface area contributed by atoms with Crippen molar-refractivity contribution in [3.8, 4) is 0 Å². The van der Waals surface area contributed by atoms with Gasteiger partial charge in [0.25, 0.3) is 5.91 Å².